The number of methoxy groups -OCH3 is 1. The minimum Gasteiger partial charge on any atom is -0.493 e. The van der Waals surface area contributed by atoms with Crippen molar-refractivity contribution in [1.29, 1.82) is 0 Å². The lowest BCUT2D eigenvalue weighted by molar-refractivity contribution is -0.123. The van der Waals surface area contributed by atoms with Gasteiger partial charge in [0.15, 0.2) is 18.1 Å². The second-order valence-corrected chi connectivity index (χ2v) is 7.11. The van der Waals surface area contributed by atoms with Crippen LogP contribution in [0.4, 0.5) is 10.5 Å². The summed E-state index contributed by atoms with van der Waals surface area (Å²) in [5, 5.41) is 2.74. The molecular formula is C22H26N2O5. The van der Waals surface area contributed by atoms with Crippen molar-refractivity contribution in [2.45, 2.75) is 25.9 Å². The number of nitrogens with zero attached hydrogens (tertiary/aromatic N) is 1. The third-order valence-corrected chi connectivity index (χ3v) is 4.70. The summed E-state index contributed by atoms with van der Waals surface area (Å²) in [6.07, 6.45) is -0.825. The maximum Gasteiger partial charge on any atom is 0.414 e. The van der Waals surface area contributed by atoms with Crippen LogP contribution in [0.1, 0.15) is 25.3 Å². The number of benzene rings is 2. The molecule has 0 aliphatic carbocycles. The molecule has 0 spiro atoms. The number of para-hydroxylation sites is 2. The Morgan fingerprint density at radius 3 is 2.52 bits per heavy atom. The zero-order valence-electron chi connectivity index (χ0n) is 16.9. The van der Waals surface area contributed by atoms with E-state index in [0.29, 0.717) is 24.0 Å². The van der Waals surface area contributed by atoms with Crippen molar-refractivity contribution in [1.82, 2.24) is 5.32 Å². The predicted octanol–water partition coefficient (Wildman–Crippen LogP) is 3.34. The lowest BCUT2D eigenvalue weighted by Gasteiger charge is -2.14. The molecule has 0 bridgehead atoms. The average Bonchev–Trinajstić information content (AvgIpc) is 3.11. The molecule has 1 fully saturated rings. The monoisotopic (exact) mass is 398 g/mol. The first-order chi connectivity index (χ1) is 14.0. The highest BCUT2D eigenvalue weighted by atomic mass is 16.6. The highest BCUT2D eigenvalue weighted by Gasteiger charge is 2.32. The van der Waals surface area contributed by atoms with Gasteiger partial charge in [0.1, 0.15) is 6.10 Å². The Morgan fingerprint density at radius 1 is 1.17 bits per heavy atom. The Hall–Kier alpha value is -3.22. The SMILES string of the molecule is COc1ccccc1OCC(=O)NCC1CN(c2ccc(C(C)C)cc2)C(=O)O1. The van der Waals surface area contributed by atoms with Crippen molar-refractivity contribution in [2.24, 2.45) is 0 Å². The van der Waals surface area contributed by atoms with Gasteiger partial charge in [-0.05, 0) is 35.7 Å². The van der Waals surface area contributed by atoms with Crippen LogP contribution in [0.5, 0.6) is 11.5 Å². The molecule has 1 aliphatic rings. The van der Waals surface area contributed by atoms with Gasteiger partial charge in [0.25, 0.3) is 5.91 Å². The minimum atomic E-state index is -0.414. The number of hydrogen-bond acceptors (Lipinski definition) is 5. The molecular weight excluding hydrogens is 372 g/mol. The van der Waals surface area contributed by atoms with E-state index in [4.69, 9.17) is 14.2 Å². The Labute approximate surface area is 170 Å². The standard InChI is InChI=1S/C22H26N2O5/c1-15(2)16-8-10-17(11-9-16)24-13-18(29-22(24)26)12-23-21(25)14-28-20-7-5-4-6-19(20)27-3/h4-11,15,18H,12-14H2,1-3H3,(H,23,25). The van der Waals surface area contributed by atoms with Crippen molar-refractivity contribution in [3.63, 3.8) is 0 Å². The van der Waals surface area contributed by atoms with Gasteiger partial charge in [-0.2, -0.15) is 0 Å². The summed E-state index contributed by atoms with van der Waals surface area (Å²) in [4.78, 5) is 25.8. The number of anilines is 1. The molecule has 2 aromatic carbocycles. The van der Waals surface area contributed by atoms with E-state index in [1.165, 1.54) is 5.56 Å². The number of ether oxygens (including phenoxy) is 3. The number of rotatable bonds is 8. The summed E-state index contributed by atoms with van der Waals surface area (Å²) >= 11 is 0. The molecule has 1 N–H and O–H groups in total. The maximum atomic E-state index is 12.2. The molecule has 1 unspecified atom stereocenters. The number of hydrogen-bond donors (Lipinski definition) is 1. The van der Waals surface area contributed by atoms with Crippen LogP contribution in [0.25, 0.3) is 0 Å². The van der Waals surface area contributed by atoms with E-state index in [9.17, 15) is 9.59 Å². The fraction of sp³-hybridized carbons (Fsp3) is 0.364. The number of amides is 2. The normalized spacial score (nSPS) is 15.9. The zero-order valence-corrected chi connectivity index (χ0v) is 16.9. The zero-order chi connectivity index (χ0) is 20.8. The molecule has 1 aliphatic heterocycles. The van der Waals surface area contributed by atoms with E-state index in [-0.39, 0.29) is 19.1 Å². The van der Waals surface area contributed by atoms with Crippen LogP contribution >= 0.6 is 0 Å². The van der Waals surface area contributed by atoms with Crippen molar-refractivity contribution < 1.29 is 23.8 Å². The molecule has 1 saturated heterocycles. The number of carbonyl (C=O) groups excluding carboxylic acids is 2. The number of cyclic esters (lactones) is 1. The molecule has 0 radical (unpaired) electrons. The molecule has 154 valence electrons. The van der Waals surface area contributed by atoms with E-state index < -0.39 is 12.2 Å². The van der Waals surface area contributed by atoms with Gasteiger partial charge in [-0.25, -0.2) is 4.79 Å². The minimum absolute atomic E-state index is 0.151. The fourth-order valence-electron chi connectivity index (χ4n) is 3.04. The topological polar surface area (TPSA) is 77.1 Å². The third-order valence-electron chi connectivity index (χ3n) is 4.70. The lowest BCUT2D eigenvalue weighted by atomic mass is 10.0. The first-order valence-corrected chi connectivity index (χ1v) is 9.58. The predicted molar refractivity (Wildman–Crippen MR) is 110 cm³/mol. The van der Waals surface area contributed by atoms with Crippen LogP contribution in [0, 0.1) is 0 Å². The summed E-state index contributed by atoms with van der Waals surface area (Å²) < 4.78 is 16.0. The third kappa shape index (κ3) is 5.19. The molecule has 7 nitrogen and oxygen atoms in total. The van der Waals surface area contributed by atoms with E-state index >= 15 is 0 Å². The molecule has 2 amide bonds. The van der Waals surface area contributed by atoms with Crippen molar-refractivity contribution in [2.75, 3.05) is 31.7 Å². The van der Waals surface area contributed by atoms with E-state index in [0.717, 1.165) is 5.69 Å². The van der Waals surface area contributed by atoms with Gasteiger partial charge in [0, 0.05) is 5.69 Å². The van der Waals surface area contributed by atoms with E-state index in [1.807, 2.05) is 30.3 Å². The van der Waals surface area contributed by atoms with Crippen LogP contribution < -0.4 is 19.7 Å². The van der Waals surface area contributed by atoms with Gasteiger partial charge in [0.2, 0.25) is 0 Å². The van der Waals surface area contributed by atoms with Gasteiger partial charge < -0.3 is 19.5 Å². The smallest absolute Gasteiger partial charge is 0.414 e. The van der Waals surface area contributed by atoms with E-state index in [1.54, 1.807) is 30.2 Å². The Balaban J connectivity index is 1.47. The van der Waals surface area contributed by atoms with Gasteiger partial charge in [-0.1, -0.05) is 38.1 Å². The molecule has 1 atom stereocenters. The fourth-order valence-corrected chi connectivity index (χ4v) is 3.04. The van der Waals surface area contributed by atoms with Crippen LogP contribution in [0.15, 0.2) is 48.5 Å². The van der Waals surface area contributed by atoms with Crippen LogP contribution in [-0.2, 0) is 9.53 Å². The number of carbonyl (C=O) groups is 2. The van der Waals surface area contributed by atoms with Gasteiger partial charge in [-0.3, -0.25) is 9.69 Å². The largest absolute Gasteiger partial charge is 0.493 e. The summed E-state index contributed by atoms with van der Waals surface area (Å²) in [5.74, 6) is 1.18. The average molecular weight is 398 g/mol. The van der Waals surface area contributed by atoms with Crippen molar-refractivity contribution in [3.8, 4) is 11.5 Å². The first kappa shape index (κ1) is 20.5. The maximum absolute atomic E-state index is 12.2. The lowest BCUT2D eigenvalue weighted by Crippen LogP contribution is -2.37. The summed E-state index contributed by atoms with van der Waals surface area (Å²) in [5.41, 5.74) is 1.99. The quantitative estimate of drug-likeness (QED) is 0.738. The first-order valence-electron chi connectivity index (χ1n) is 9.58. The van der Waals surface area contributed by atoms with Gasteiger partial charge >= 0.3 is 6.09 Å². The second kappa shape index (κ2) is 9.32. The van der Waals surface area contributed by atoms with Crippen LogP contribution in [0.2, 0.25) is 0 Å². The summed E-state index contributed by atoms with van der Waals surface area (Å²) in [7, 11) is 1.54. The molecule has 0 aromatic heterocycles. The Bertz CT molecular complexity index is 851. The molecule has 3 rings (SSSR count). The van der Waals surface area contributed by atoms with Crippen molar-refractivity contribution >= 4 is 17.7 Å². The molecule has 2 aromatic rings. The second-order valence-electron chi connectivity index (χ2n) is 7.11. The van der Waals surface area contributed by atoms with Crippen LogP contribution in [-0.4, -0.2) is 44.9 Å². The highest BCUT2D eigenvalue weighted by molar-refractivity contribution is 5.89. The Kier molecular flexibility index (Phi) is 6.59. The van der Waals surface area contributed by atoms with Crippen molar-refractivity contribution in [3.05, 3.63) is 54.1 Å². The summed E-state index contributed by atoms with van der Waals surface area (Å²) in [6.45, 7) is 4.69. The highest BCUT2D eigenvalue weighted by Crippen LogP contribution is 2.26. The number of nitrogens with one attached hydrogen (secondary N) is 1. The molecule has 29 heavy (non-hydrogen) atoms. The van der Waals surface area contributed by atoms with Gasteiger partial charge in [-0.15, -0.1) is 0 Å². The molecule has 0 saturated carbocycles. The Morgan fingerprint density at radius 2 is 1.86 bits per heavy atom. The molecule has 7 heteroatoms. The summed E-state index contributed by atoms with van der Waals surface area (Å²) in [6, 6.07) is 15.0. The van der Waals surface area contributed by atoms with Gasteiger partial charge in [0.05, 0.1) is 20.2 Å². The molecule has 1 heterocycles. The van der Waals surface area contributed by atoms with Crippen LogP contribution in [0.3, 0.4) is 0 Å². The van der Waals surface area contributed by atoms with E-state index in [2.05, 4.69) is 19.2 Å².